The van der Waals surface area contributed by atoms with Crippen molar-refractivity contribution in [1.29, 1.82) is 0 Å². The molecule has 0 radical (unpaired) electrons. The smallest absolute Gasteiger partial charge is 0.287 e. The number of unbranched alkanes of at least 4 members (excludes halogenated alkanes) is 1. The number of rotatable bonds is 13. The SMILES string of the molecule is CCCc1cc(Oc2ccc(S(C)(=O)=O)cc2)ccc1OCCCCOc1cccc(C2(C)SC(=O)NC2=O)c1. The Kier molecular flexibility index (Phi) is 9.42. The quantitative estimate of drug-likeness (QED) is 0.235. The van der Waals surface area contributed by atoms with Crippen LogP contribution < -0.4 is 19.5 Å². The molecule has 1 unspecified atom stereocenters. The number of ether oxygens (including phenoxy) is 3. The van der Waals surface area contributed by atoms with Gasteiger partial charge in [-0.1, -0.05) is 25.5 Å². The van der Waals surface area contributed by atoms with Crippen LogP contribution in [-0.4, -0.2) is 39.0 Å². The van der Waals surface area contributed by atoms with Gasteiger partial charge in [0.25, 0.3) is 5.24 Å². The van der Waals surface area contributed by atoms with Gasteiger partial charge in [-0.2, -0.15) is 0 Å². The molecule has 2 amide bonds. The van der Waals surface area contributed by atoms with Crippen LogP contribution in [0.3, 0.4) is 0 Å². The fraction of sp³-hybridized carbons (Fsp3) is 0.333. The third-order valence-electron chi connectivity index (χ3n) is 6.43. The van der Waals surface area contributed by atoms with Gasteiger partial charge in [0, 0.05) is 6.26 Å². The molecule has 8 nitrogen and oxygen atoms in total. The normalized spacial score (nSPS) is 17.0. The van der Waals surface area contributed by atoms with E-state index in [2.05, 4.69) is 12.2 Å². The Labute approximate surface area is 239 Å². The Balaban J connectivity index is 1.26. The zero-order valence-corrected chi connectivity index (χ0v) is 24.4. The second-order valence-corrected chi connectivity index (χ2v) is 13.1. The Morgan fingerprint density at radius 1 is 0.875 bits per heavy atom. The zero-order valence-electron chi connectivity index (χ0n) is 22.8. The Hall–Kier alpha value is -3.50. The van der Waals surface area contributed by atoms with Crippen molar-refractivity contribution in [2.45, 2.75) is 49.2 Å². The van der Waals surface area contributed by atoms with Crippen LogP contribution in [-0.2, 0) is 25.8 Å². The summed E-state index contributed by atoms with van der Waals surface area (Å²) in [5.74, 6) is 2.36. The van der Waals surface area contributed by atoms with Crippen molar-refractivity contribution in [3.63, 3.8) is 0 Å². The number of imide groups is 1. The third kappa shape index (κ3) is 7.37. The number of amides is 2. The highest BCUT2D eigenvalue weighted by Crippen LogP contribution is 2.41. The van der Waals surface area contributed by atoms with E-state index >= 15 is 0 Å². The zero-order chi connectivity index (χ0) is 28.8. The first kappa shape index (κ1) is 29.5. The fourth-order valence-electron chi connectivity index (χ4n) is 4.23. The lowest BCUT2D eigenvalue weighted by Gasteiger charge is -2.19. The van der Waals surface area contributed by atoms with E-state index in [0.29, 0.717) is 30.5 Å². The summed E-state index contributed by atoms with van der Waals surface area (Å²) in [5.41, 5.74) is 1.77. The topological polar surface area (TPSA) is 108 Å². The van der Waals surface area contributed by atoms with Gasteiger partial charge in [-0.15, -0.1) is 0 Å². The van der Waals surface area contributed by atoms with E-state index in [4.69, 9.17) is 14.2 Å². The van der Waals surface area contributed by atoms with E-state index in [1.54, 1.807) is 19.1 Å². The van der Waals surface area contributed by atoms with Gasteiger partial charge in [0.1, 0.15) is 27.7 Å². The van der Waals surface area contributed by atoms with Crippen LogP contribution in [0.1, 0.15) is 44.2 Å². The van der Waals surface area contributed by atoms with Crippen molar-refractivity contribution in [1.82, 2.24) is 5.32 Å². The monoisotopic (exact) mass is 583 g/mol. The molecule has 40 heavy (non-hydrogen) atoms. The minimum Gasteiger partial charge on any atom is -0.494 e. The second-order valence-electron chi connectivity index (χ2n) is 9.67. The standard InChI is InChI=1S/C30H33NO7S2/c1-4-8-21-19-25(38-23-11-14-26(15-12-23)40(3,34)35)13-16-27(21)37-18-6-5-17-36-24-10-7-9-22(20-24)30(2)28(32)31-29(33)39-30/h7,9-16,19-20H,4-6,8,17-18H2,1-3H3,(H,31,32,33). The number of thioether (sulfide) groups is 1. The number of nitrogens with one attached hydrogen (secondary N) is 1. The van der Waals surface area contributed by atoms with Gasteiger partial charge in [0.2, 0.25) is 5.91 Å². The summed E-state index contributed by atoms with van der Waals surface area (Å²) in [5, 5.41) is 2.00. The summed E-state index contributed by atoms with van der Waals surface area (Å²) in [7, 11) is -3.26. The van der Waals surface area contributed by atoms with E-state index < -0.39 is 14.6 Å². The lowest BCUT2D eigenvalue weighted by atomic mass is 9.99. The highest BCUT2D eigenvalue weighted by molar-refractivity contribution is 8.15. The average molecular weight is 584 g/mol. The number of hydrogen-bond acceptors (Lipinski definition) is 8. The minimum atomic E-state index is -3.26. The Morgan fingerprint density at radius 3 is 2.23 bits per heavy atom. The van der Waals surface area contributed by atoms with Crippen molar-refractivity contribution in [3.05, 3.63) is 77.9 Å². The fourth-order valence-corrected chi connectivity index (χ4v) is 5.77. The predicted octanol–water partition coefficient (Wildman–Crippen LogP) is 6.27. The van der Waals surface area contributed by atoms with Crippen LogP contribution in [0.15, 0.2) is 71.6 Å². The molecule has 0 saturated carbocycles. The summed E-state index contributed by atoms with van der Waals surface area (Å²) in [4.78, 5) is 24.1. The van der Waals surface area contributed by atoms with Crippen molar-refractivity contribution in [2.75, 3.05) is 19.5 Å². The van der Waals surface area contributed by atoms with Crippen molar-refractivity contribution in [2.24, 2.45) is 0 Å². The molecule has 212 valence electrons. The summed E-state index contributed by atoms with van der Waals surface area (Å²) >= 11 is 0.978. The first-order valence-corrected chi connectivity index (χ1v) is 15.8. The average Bonchev–Trinajstić information content (AvgIpc) is 3.19. The highest BCUT2D eigenvalue weighted by atomic mass is 32.2. The van der Waals surface area contributed by atoms with Gasteiger partial charge in [-0.05, 0) is 104 Å². The summed E-state index contributed by atoms with van der Waals surface area (Å²) in [6, 6.07) is 19.3. The Morgan fingerprint density at radius 2 is 1.57 bits per heavy atom. The lowest BCUT2D eigenvalue weighted by molar-refractivity contribution is -0.121. The van der Waals surface area contributed by atoms with E-state index in [-0.39, 0.29) is 16.0 Å². The first-order valence-electron chi connectivity index (χ1n) is 13.1. The molecule has 0 aromatic heterocycles. The summed E-state index contributed by atoms with van der Waals surface area (Å²) in [6.45, 7) is 4.86. The van der Waals surface area contributed by atoms with E-state index in [1.165, 1.54) is 18.4 Å². The van der Waals surface area contributed by atoms with E-state index in [0.717, 1.165) is 54.3 Å². The van der Waals surface area contributed by atoms with Crippen LogP contribution >= 0.6 is 11.8 Å². The third-order valence-corrected chi connectivity index (χ3v) is 8.68. The molecule has 3 aromatic carbocycles. The van der Waals surface area contributed by atoms with Crippen LogP contribution in [0, 0.1) is 0 Å². The molecule has 1 atom stereocenters. The van der Waals surface area contributed by atoms with Crippen LogP contribution in [0.25, 0.3) is 0 Å². The minimum absolute atomic E-state index is 0.249. The number of sulfone groups is 1. The Bertz CT molecular complexity index is 1470. The maximum atomic E-state index is 12.2. The molecule has 1 N–H and O–H groups in total. The first-order chi connectivity index (χ1) is 19.1. The molecule has 10 heteroatoms. The van der Waals surface area contributed by atoms with Gasteiger partial charge in [-0.25, -0.2) is 8.42 Å². The van der Waals surface area contributed by atoms with E-state index in [1.807, 2.05) is 42.5 Å². The number of carbonyl (C=O) groups is 2. The maximum absolute atomic E-state index is 12.2. The molecule has 0 aliphatic carbocycles. The van der Waals surface area contributed by atoms with Gasteiger partial charge in [0.15, 0.2) is 9.84 Å². The van der Waals surface area contributed by atoms with Crippen LogP contribution in [0.2, 0.25) is 0 Å². The maximum Gasteiger partial charge on any atom is 0.287 e. The van der Waals surface area contributed by atoms with Gasteiger partial charge in [-0.3, -0.25) is 14.9 Å². The molecule has 1 aliphatic rings. The predicted molar refractivity (Wildman–Crippen MR) is 155 cm³/mol. The van der Waals surface area contributed by atoms with Crippen LogP contribution in [0.4, 0.5) is 4.79 Å². The highest BCUT2D eigenvalue weighted by Gasteiger charge is 2.45. The largest absolute Gasteiger partial charge is 0.494 e. The number of carbonyl (C=O) groups excluding carboxylic acids is 2. The van der Waals surface area contributed by atoms with Crippen LogP contribution in [0.5, 0.6) is 23.0 Å². The lowest BCUT2D eigenvalue weighted by Crippen LogP contribution is -2.31. The molecule has 1 aliphatic heterocycles. The van der Waals surface area contributed by atoms with E-state index in [9.17, 15) is 18.0 Å². The molecular formula is C30H33NO7S2. The second kappa shape index (κ2) is 12.8. The van der Waals surface area contributed by atoms with Gasteiger partial charge < -0.3 is 14.2 Å². The molecule has 1 fully saturated rings. The van der Waals surface area contributed by atoms with Crippen molar-refractivity contribution in [3.8, 4) is 23.0 Å². The van der Waals surface area contributed by atoms with Gasteiger partial charge >= 0.3 is 0 Å². The number of benzene rings is 3. The molecule has 4 rings (SSSR count). The molecular weight excluding hydrogens is 550 g/mol. The molecule has 3 aromatic rings. The number of hydrogen-bond donors (Lipinski definition) is 1. The van der Waals surface area contributed by atoms with Crippen molar-refractivity contribution >= 4 is 32.7 Å². The molecule has 0 spiro atoms. The molecule has 1 heterocycles. The van der Waals surface area contributed by atoms with Crippen molar-refractivity contribution < 1.29 is 32.2 Å². The summed E-state index contributed by atoms with van der Waals surface area (Å²) < 4.78 is 40.3. The molecule has 0 bridgehead atoms. The number of aryl methyl sites for hydroxylation is 1. The molecule has 1 saturated heterocycles. The summed E-state index contributed by atoms with van der Waals surface area (Å²) in [6.07, 6.45) is 4.53. The van der Waals surface area contributed by atoms with Gasteiger partial charge in [0.05, 0.1) is 18.1 Å².